The highest BCUT2D eigenvalue weighted by molar-refractivity contribution is 5.78. The average Bonchev–Trinajstić information content (AvgIpc) is 3.25. The van der Waals surface area contributed by atoms with Crippen LogP contribution < -0.4 is 11.1 Å². The number of rotatable bonds is 5. The highest BCUT2D eigenvalue weighted by atomic mass is 16.1. The lowest BCUT2D eigenvalue weighted by Gasteiger charge is -2.16. The summed E-state index contributed by atoms with van der Waals surface area (Å²) < 4.78 is 0. The maximum Gasteiger partial charge on any atom is 0.224 e. The van der Waals surface area contributed by atoms with Gasteiger partial charge in [0, 0.05) is 11.6 Å². The zero-order valence-electron chi connectivity index (χ0n) is 13.4. The van der Waals surface area contributed by atoms with Gasteiger partial charge in [0.15, 0.2) is 0 Å². The quantitative estimate of drug-likeness (QED) is 0.821. The van der Waals surface area contributed by atoms with Crippen molar-refractivity contribution in [2.45, 2.75) is 75.8 Å². The van der Waals surface area contributed by atoms with E-state index in [0.717, 1.165) is 37.7 Å². The SMILES string of the molecule is NC1(Cc2ccc(CC(=O)NC3CCCCCC3)cc2)CC1. The highest BCUT2D eigenvalue weighted by Crippen LogP contribution is 2.35. The Labute approximate surface area is 133 Å². The van der Waals surface area contributed by atoms with E-state index in [9.17, 15) is 4.79 Å². The number of carbonyl (C=O) groups excluding carboxylic acids is 1. The molecule has 0 spiro atoms. The number of amides is 1. The molecule has 1 aromatic carbocycles. The molecule has 0 saturated heterocycles. The molecule has 0 aromatic heterocycles. The Bertz CT molecular complexity index is 497. The highest BCUT2D eigenvalue weighted by Gasteiger charge is 2.37. The lowest BCUT2D eigenvalue weighted by atomic mass is 10.0. The summed E-state index contributed by atoms with van der Waals surface area (Å²) in [5.74, 6) is 0.164. The molecule has 3 heteroatoms. The van der Waals surface area contributed by atoms with Gasteiger partial charge in [-0.25, -0.2) is 0 Å². The van der Waals surface area contributed by atoms with E-state index in [-0.39, 0.29) is 11.4 Å². The van der Waals surface area contributed by atoms with Crippen molar-refractivity contribution in [3.8, 4) is 0 Å². The predicted molar refractivity (Wildman–Crippen MR) is 89.6 cm³/mol. The van der Waals surface area contributed by atoms with E-state index in [1.165, 1.54) is 31.2 Å². The molecule has 120 valence electrons. The van der Waals surface area contributed by atoms with Crippen LogP contribution in [0.25, 0.3) is 0 Å². The first-order valence-electron chi connectivity index (χ1n) is 8.79. The molecule has 0 atom stereocenters. The first kappa shape index (κ1) is 15.5. The molecular weight excluding hydrogens is 272 g/mol. The first-order valence-corrected chi connectivity index (χ1v) is 8.79. The molecular formula is C19H28N2O. The largest absolute Gasteiger partial charge is 0.353 e. The van der Waals surface area contributed by atoms with Crippen LogP contribution in [0.1, 0.15) is 62.5 Å². The molecule has 3 N–H and O–H groups in total. The van der Waals surface area contributed by atoms with Gasteiger partial charge in [0.05, 0.1) is 6.42 Å². The molecule has 0 bridgehead atoms. The Morgan fingerprint density at radius 3 is 2.23 bits per heavy atom. The molecule has 2 fully saturated rings. The third-order valence-electron chi connectivity index (χ3n) is 5.06. The van der Waals surface area contributed by atoms with E-state index in [4.69, 9.17) is 5.73 Å². The van der Waals surface area contributed by atoms with E-state index in [1.54, 1.807) is 0 Å². The second-order valence-electron chi connectivity index (χ2n) is 7.29. The number of benzene rings is 1. The number of hydrogen-bond donors (Lipinski definition) is 2. The van der Waals surface area contributed by atoms with Gasteiger partial charge in [0.2, 0.25) is 5.91 Å². The fraction of sp³-hybridized carbons (Fsp3) is 0.632. The summed E-state index contributed by atoms with van der Waals surface area (Å²) in [6, 6.07) is 8.80. The number of nitrogens with two attached hydrogens (primary N) is 1. The molecule has 1 amide bonds. The molecule has 0 radical (unpaired) electrons. The van der Waals surface area contributed by atoms with E-state index in [1.807, 2.05) is 0 Å². The fourth-order valence-corrected chi connectivity index (χ4v) is 3.41. The molecule has 2 aliphatic carbocycles. The van der Waals surface area contributed by atoms with Crippen LogP contribution in [-0.2, 0) is 17.6 Å². The fourth-order valence-electron chi connectivity index (χ4n) is 3.41. The first-order chi connectivity index (χ1) is 10.6. The van der Waals surface area contributed by atoms with Crippen LogP contribution in [-0.4, -0.2) is 17.5 Å². The summed E-state index contributed by atoms with van der Waals surface area (Å²) in [6.45, 7) is 0. The summed E-state index contributed by atoms with van der Waals surface area (Å²) in [7, 11) is 0. The monoisotopic (exact) mass is 300 g/mol. The normalized spacial score (nSPS) is 21.1. The minimum atomic E-state index is 0.0540. The lowest BCUT2D eigenvalue weighted by Crippen LogP contribution is -2.35. The Morgan fingerprint density at radius 2 is 1.64 bits per heavy atom. The molecule has 22 heavy (non-hydrogen) atoms. The minimum Gasteiger partial charge on any atom is -0.353 e. The second kappa shape index (κ2) is 6.82. The van der Waals surface area contributed by atoms with Crippen LogP contribution in [0.3, 0.4) is 0 Å². The molecule has 1 aromatic rings. The van der Waals surface area contributed by atoms with Crippen LogP contribution in [0.2, 0.25) is 0 Å². The van der Waals surface area contributed by atoms with Crippen LogP contribution >= 0.6 is 0 Å². The Hall–Kier alpha value is -1.35. The number of nitrogens with one attached hydrogen (secondary N) is 1. The summed E-state index contributed by atoms with van der Waals surface area (Å²) in [6.07, 6.45) is 11.1. The Kier molecular flexibility index (Phi) is 4.82. The van der Waals surface area contributed by atoms with Gasteiger partial charge in [0.1, 0.15) is 0 Å². The van der Waals surface area contributed by atoms with Gasteiger partial charge in [-0.15, -0.1) is 0 Å². The average molecular weight is 300 g/mol. The van der Waals surface area contributed by atoms with E-state index in [0.29, 0.717) is 12.5 Å². The van der Waals surface area contributed by atoms with Gasteiger partial charge in [-0.1, -0.05) is 49.9 Å². The molecule has 3 nitrogen and oxygen atoms in total. The molecule has 0 heterocycles. The molecule has 2 saturated carbocycles. The topological polar surface area (TPSA) is 55.1 Å². The van der Waals surface area contributed by atoms with E-state index in [2.05, 4.69) is 29.6 Å². The Morgan fingerprint density at radius 1 is 1.05 bits per heavy atom. The van der Waals surface area contributed by atoms with Crippen LogP contribution in [0, 0.1) is 0 Å². The summed E-state index contributed by atoms with van der Waals surface area (Å²) in [4.78, 5) is 12.2. The van der Waals surface area contributed by atoms with E-state index >= 15 is 0 Å². The number of hydrogen-bond acceptors (Lipinski definition) is 2. The van der Waals surface area contributed by atoms with Crippen molar-refractivity contribution in [2.24, 2.45) is 5.73 Å². The summed E-state index contributed by atoms with van der Waals surface area (Å²) in [5.41, 5.74) is 8.58. The van der Waals surface area contributed by atoms with Crippen molar-refractivity contribution in [3.05, 3.63) is 35.4 Å². The van der Waals surface area contributed by atoms with Crippen molar-refractivity contribution in [2.75, 3.05) is 0 Å². The predicted octanol–water partition coefficient (Wildman–Crippen LogP) is 3.10. The zero-order chi connectivity index (χ0) is 15.4. The van der Waals surface area contributed by atoms with Crippen molar-refractivity contribution in [3.63, 3.8) is 0 Å². The van der Waals surface area contributed by atoms with Gasteiger partial charge < -0.3 is 11.1 Å². The summed E-state index contributed by atoms with van der Waals surface area (Å²) >= 11 is 0. The Balaban J connectivity index is 1.48. The minimum absolute atomic E-state index is 0.0540. The summed E-state index contributed by atoms with van der Waals surface area (Å²) in [5, 5.41) is 3.21. The van der Waals surface area contributed by atoms with Crippen LogP contribution in [0.4, 0.5) is 0 Å². The van der Waals surface area contributed by atoms with Crippen molar-refractivity contribution in [1.82, 2.24) is 5.32 Å². The molecule has 3 rings (SSSR count). The van der Waals surface area contributed by atoms with Crippen LogP contribution in [0.15, 0.2) is 24.3 Å². The molecule has 2 aliphatic rings. The maximum absolute atomic E-state index is 12.2. The van der Waals surface area contributed by atoms with Crippen LogP contribution in [0.5, 0.6) is 0 Å². The van der Waals surface area contributed by atoms with Crippen molar-refractivity contribution >= 4 is 5.91 Å². The van der Waals surface area contributed by atoms with Gasteiger partial charge in [0.25, 0.3) is 0 Å². The second-order valence-corrected chi connectivity index (χ2v) is 7.29. The van der Waals surface area contributed by atoms with Crippen molar-refractivity contribution < 1.29 is 4.79 Å². The molecule has 0 aliphatic heterocycles. The zero-order valence-corrected chi connectivity index (χ0v) is 13.4. The van der Waals surface area contributed by atoms with Crippen molar-refractivity contribution in [1.29, 1.82) is 0 Å². The van der Waals surface area contributed by atoms with Gasteiger partial charge in [-0.2, -0.15) is 0 Å². The smallest absolute Gasteiger partial charge is 0.224 e. The maximum atomic E-state index is 12.2. The van der Waals surface area contributed by atoms with Gasteiger partial charge >= 0.3 is 0 Å². The van der Waals surface area contributed by atoms with E-state index < -0.39 is 0 Å². The van der Waals surface area contributed by atoms with Gasteiger partial charge in [-0.05, 0) is 43.2 Å². The molecule has 0 unspecified atom stereocenters. The lowest BCUT2D eigenvalue weighted by molar-refractivity contribution is -0.121. The van der Waals surface area contributed by atoms with Gasteiger partial charge in [-0.3, -0.25) is 4.79 Å². The third-order valence-corrected chi connectivity index (χ3v) is 5.06. The number of carbonyl (C=O) groups is 1. The standard InChI is InChI=1S/C19H28N2O/c20-19(11-12-19)14-16-9-7-15(8-10-16)13-18(22)21-17-5-3-1-2-4-6-17/h7-10,17H,1-6,11-14,20H2,(H,21,22). The third kappa shape index (κ3) is 4.57.